The molecule has 138 valence electrons. The van der Waals surface area contributed by atoms with Gasteiger partial charge in [-0.2, -0.15) is 0 Å². The van der Waals surface area contributed by atoms with Gasteiger partial charge in [0.1, 0.15) is 5.75 Å². The fourth-order valence-electron chi connectivity index (χ4n) is 3.35. The van der Waals surface area contributed by atoms with E-state index in [9.17, 15) is 9.90 Å². The monoisotopic (exact) mass is 374 g/mol. The van der Waals surface area contributed by atoms with E-state index in [1.165, 1.54) is 4.90 Å². The Morgan fingerprint density at radius 2 is 1.96 bits per heavy atom. The van der Waals surface area contributed by atoms with Crippen molar-refractivity contribution in [3.8, 4) is 5.75 Å². The number of amides is 1. The van der Waals surface area contributed by atoms with E-state index in [1.807, 2.05) is 49.4 Å². The Balaban J connectivity index is 1.48. The van der Waals surface area contributed by atoms with E-state index < -0.39 is 0 Å². The van der Waals surface area contributed by atoms with E-state index in [-0.39, 0.29) is 11.9 Å². The Morgan fingerprint density at radius 3 is 2.65 bits per heavy atom. The molecule has 1 heterocycles. The molecule has 1 atom stereocenters. The van der Waals surface area contributed by atoms with Gasteiger partial charge >= 0.3 is 0 Å². The van der Waals surface area contributed by atoms with Crippen molar-refractivity contribution in [3.63, 3.8) is 0 Å². The van der Waals surface area contributed by atoms with Crippen LogP contribution in [0.4, 0.5) is 5.69 Å². The molecule has 0 unspecified atom stereocenters. The zero-order valence-electron chi connectivity index (χ0n) is 14.9. The van der Waals surface area contributed by atoms with Crippen molar-refractivity contribution >= 4 is 23.2 Å². The summed E-state index contributed by atoms with van der Waals surface area (Å²) in [7, 11) is 0. The standard InChI is InChI=1S/C20H24ClN3O2/c1-15(16-5-4-6-17(21)13-16)22-20(26)14-23-9-11-24(12-10-23)18-7-2-3-8-19(18)25/h2-8,13,15,25H,9-12,14H2,1H3,(H,22,26)/p+1/t15-/m1/s1. The molecule has 1 amide bonds. The molecule has 3 rings (SSSR count). The minimum Gasteiger partial charge on any atom is -0.506 e. The first-order valence-corrected chi connectivity index (χ1v) is 9.32. The first-order chi connectivity index (χ1) is 12.5. The van der Waals surface area contributed by atoms with Crippen molar-refractivity contribution in [2.24, 2.45) is 0 Å². The van der Waals surface area contributed by atoms with Crippen LogP contribution in [0.15, 0.2) is 48.5 Å². The van der Waals surface area contributed by atoms with E-state index in [1.54, 1.807) is 6.07 Å². The zero-order valence-corrected chi connectivity index (χ0v) is 15.7. The summed E-state index contributed by atoms with van der Waals surface area (Å²) < 4.78 is 0. The van der Waals surface area contributed by atoms with E-state index in [4.69, 9.17) is 11.6 Å². The van der Waals surface area contributed by atoms with Crippen LogP contribution in [-0.4, -0.2) is 43.7 Å². The number of phenolic OH excluding ortho intramolecular Hbond substituents is 1. The van der Waals surface area contributed by atoms with Crippen LogP contribution in [-0.2, 0) is 4.79 Å². The number of aromatic hydroxyl groups is 1. The van der Waals surface area contributed by atoms with Gasteiger partial charge in [0, 0.05) is 5.02 Å². The molecule has 0 saturated carbocycles. The van der Waals surface area contributed by atoms with Crippen molar-refractivity contribution in [1.82, 2.24) is 5.32 Å². The molecule has 6 heteroatoms. The SMILES string of the molecule is C[C@@H](NC(=O)C[NH+]1CCN(c2ccccc2O)CC1)c1cccc(Cl)c1. The summed E-state index contributed by atoms with van der Waals surface area (Å²) in [5, 5.41) is 13.7. The van der Waals surface area contributed by atoms with Gasteiger partial charge in [-0.05, 0) is 36.8 Å². The van der Waals surface area contributed by atoms with Crippen LogP contribution in [0.25, 0.3) is 0 Å². The van der Waals surface area contributed by atoms with Gasteiger partial charge in [-0.25, -0.2) is 0 Å². The Hall–Kier alpha value is -2.24. The molecule has 0 aromatic heterocycles. The van der Waals surface area contributed by atoms with E-state index >= 15 is 0 Å². The normalized spacial score (nSPS) is 16.3. The van der Waals surface area contributed by atoms with Gasteiger partial charge in [0.05, 0.1) is 37.9 Å². The maximum Gasteiger partial charge on any atom is 0.275 e. The second kappa shape index (κ2) is 8.43. The van der Waals surface area contributed by atoms with Gasteiger partial charge in [-0.15, -0.1) is 0 Å². The molecular formula is C20H25ClN3O2+. The number of anilines is 1. The van der Waals surface area contributed by atoms with Gasteiger partial charge in [-0.3, -0.25) is 4.79 Å². The topological polar surface area (TPSA) is 57.0 Å². The summed E-state index contributed by atoms with van der Waals surface area (Å²) in [4.78, 5) is 15.8. The summed E-state index contributed by atoms with van der Waals surface area (Å²) in [6.45, 7) is 5.81. The number of nitrogens with zero attached hydrogens (tertiary/aromatic N) is 1. The fourth-order valence-corrected chi connectivity index (χ4v) is 3.55. The lowest BCUT2D eigenvalue weighted by Crippen LogP contribution is -3.15. The van der Waals surface area contributed by atoms with Crippen molar-refractivity contribution < 1.29 is 14.8 Å². The molecule has 1 aliphatic rings. The molecule has 0 radical (unpaired) electrons. The lowest BCUT2D eigenvalue weighted by atomic mass is 10.1. The first kappa shape index (κ1) is 18.5. The molecule has 2 aromatic rings. The van der Waals surface area contributed by atoms with Crippen molar-refractivity contribution in [2.45, 2.75) is 13.0 Å². The minimum absolute atomic E-state index is 0.0449. The number of rotatable bonds is 5. The lowest BCUT2D eigenvalue weighted by molar-refractivity contribution is -0.892. The molecule has 2 aromatic carbocycles. The summed E-state index contributed by atoms with van der Waals surface area (Å²) in [6, 6.07) is 14.9. The van der Waals surface area contributed by atoms with Gasteiger partial charge in [0.2, 0.25) is 0 Å². The average molecular weight is 375 g/mol. The predicted molar refractivity (Wildman–Crippen MR) is 104 cm³/mol. The molecule has 5 nitrogen and oxygen atoms in total. The third kappa shape index (κ3) is 4.68. The van der Waals surface area contributed by atoms with Gasteiger partial charge < -0.3 is 20.2 Å². The number of para-hydroxylation sites is 2. The molecule has 26 heavy (non-hydrogen) atoms. The van der Waals surface area contributed by atoms with E-state index in [2.05, 4.69) is 10.2 Å². The summed E-state index contributed by atoms with van der Waals surface area (Å²) in [5.41, 5.74) is 1.87. The number of piperazine rings is 1. The maximum atomic E-state index is 12.4. The van der Waals surface area contributed by atoms with Crippen LogP contribution < -0.4 is 15.1 Å². The molecule has 0 bridgehead atoms. The highest BCUT2D eigenvalue weighted by Gasteiger charge is 2.24. The molecule has 3 N–H and O–H groups in total. The number of nitrogens with one attached hydrogen (secondary N) is 2. The number of phenols is 1. The van der Waals surface area contributed by atoms with Gasteiger partial charge in [0.15, 0.2) is 6.54 Å². The number of hydrogen-bond acceptors (Lipinski definition) is 3. The molecule has 1 fully saturated rings. The Bertz CT molecular complexity index is 760. The highest BCUT2D eigenvalue weighted by molar-refractivity contribution is 6.30. The largest absolute Gasteiger partial charge is 0.506 e. The maximum absolute atomic E-state index is 12.4. The minimum atomic E-state index is -0.0665. The number of hydrogen-bond donors (Lipinski definition) is 3. The predicted octanol–water partition coefficient (Wildman–Crippen LogP) is 1.63. The van der Waals surface area contributed by atoms with Crippen LogP contribution in [0.3, 0.4) is 0 Å². The summed E-state index contributed by atoms with van der Waals surface area (Å²) >= 11 is 6.02. The molecule has 0 spiro atoms. The Labute approximate surface area is 159 Å². The highest BCUT2D eigenvalue weighted by atomic mass is 35.5. The van der Waals surface area contributed by atoms with Gasteiger partial charge in [0.25, 0.3) is 5.91 Å². The Morgan fingerprint density at radius 1 is 1.23 bits per heavy atom. The van der Waals surface area contributed by atoms with Crippen LogP contribution in [0.5, 0.6) is 5.75 Å². The number of quaternary nitrogens is 1. The molecule has 1 saturated heterocycles. The van der Waals surface area contributed by atoms with Crippen LogP contribution in [0.2, 0.25) is 5.02 Å². The second-order valence-corrected chi connectivity index (χ2v) is 7.18. The first-order valence-electron chi connectivity index (χ1n) is 8.94. The summed E-state index contributed by atoms with van der Waals surface area (Å²) in [6.07, 6.45) is 0. The molecular weight excluding hydrogens is 350 g/mol. The van der Waals surface area contributed by atoms with Crippen molar-refractivity contribution in [2.75, 3.05) is 37.6 Å². The average Bonchev–Trinajstić information content (AvgIpc) is 2.63. The number of carbonyl (C=O) groups excluding carboxylic acids is 1. The van der Waals surface area contributed by atoms with Crippen LogP contribution in [0, 0.1) is 0 Å². The van der Waals surface area contributed by atoms with Crippen molar-refractivity contribution in [1.29, 1.82) is 0 Å². The Kier molecular flexibility index (Phi) is 6.01. The van der Waals surface area contributed by atoms with E-state index in [0.717, 1.165) is 37.4 Å². The third-order valence-corrected chi connectivity index (χ3v) is 5.06. The van der Waals surface area contributed by atoms with E-state index in [0.29, 0.717) is 17.3 Å². The molecule has 0 aliphatic carbocycles. The number of halogens is 1. The summed E-state index contributed by atoms with van der Waals surface area (Å²) in [5.74, 6) is 0.354. The zero-order chi connectivity index (χ0) is 18.5. The third-order valence-electron chi connectivity index (χ3n) is 4.83. The lowest BCUT2D eigenvalue weighted by Gasteiger charge is -2.33. The number of benzene rings is 2. The van der Waals surface area contributed by atoms with Gasteiger partial charge in [-0.1, -0.05) is 35.9 Å². The van der Waals surface area contributed by atoms with Crippen LogP contribution in [0.1, 0.15) is 18.5 Å². The van der Waals surface area contributed by atoms with Crippen LogP contribution >= 0.6 is 11.6 Å². The molecule has 1 aliphatic heterocycles. The quantitative estimate of drug-likeness (QED) is 0.745. The highest BCUT2D eigenvalue weighted by Crippen LogP contribution is 2.26. The smallest absolute Gasteiger partial charge is 0.275 e. The van der Waals surface area contributed by atoms with Crippen molar-refractivity contribution in [3.05, 3.63) is 59.1 Å². The second-order valence-electron chi connectivity index (χ2n) is 6.75. The number of carbonyl (C=O) groups is 1. The fraction of sp³-hybridized carbons (Fsp3) is 0.350.